The van der Waals surface area contributed by atoms with Crippen molar-refractivity contribution in [2.45, 2.75) is 6.92 Å². The Morgan fingerprint density at radius 2 is 1.50 bits per heavy atom. The van der Waals surface area contributed by atoms with Crippen LogP contribution in [-0.4, -0.2) is 73.4 Å². The van der Waals surface area contributed by atoms with Crippen LogP contribution in [0.15, 0.2) is 36.7 Å². The van der Waals surface area contributed by atoms with Crippen molar-refractivity contribution in [3.8, 4) is 17.2 Å². The third-order valence-electron chi connectivity index (χ3n) is 4.71. The number of benzene rings is 1. The molecule has 0 atom stereocenters. The fraction of sp³-hybridized carbons (Fsp3) is 0.400. The minimum Gasteiger partial charge on any atom is -0.493 e. The van der Waals surface area contributed by atoms with Crippen molar-refractivity contribution in [1.29, 1.82) is 0 Å². The van der Waals surface area contributed by atoms with E-state index in [-0.39, 0.29) is 12.0 Å². The van der Waals surface area contributed by atoms with Gasteiger partial charge in [-0.05, 0) is 25.1 Å². The molecule has 0 unspecified atom stereocenters. The first-order valence-electron chi connectivity index (χ1n) is 9.19. The van der Waals surface area contributed by atoms with Crippen LogP contribution in [0.3, 0.4) is 0 Å². The van der Waals surface area contributed by atoms with Gasteiger partial charge in [0.05, 0.1) is 32.1 Å². The molecule has 2 aromatic rings. The lowest BCUT2D eigenvalue weighted by atomic mass is 10.1. The largest absolute Gasteiger partial charge is 0.493 e. The number of aromatic nitrogens is 1. The molecular weight excluding hydrogens is 362 g/mol. The molecule has 0 radical (unpaired) electrons. The molecule has 0 bridgehead atoms. The fourth-order valence-corrected chi connectivity index (χ4v) is 3.23. The molecule has 8 nitrogen and oxygen atoms in total. The maximum Gasteiger partial charge on any atom is 0.409 e. The van der Waals surface area contributed by atoms with Gasteiger partial charge < -0.3 is 28.6 Å². The van der Waals surface area contributed by atoms with Gasteiger partial charge >= 0.3 is 6.09 Å². The summed E-state index contributed by atoms with van der Waals surface area (Å²) in [5.41, 5.74) is 1.22. The standard InChI is InChI=1S/C20H25N3O5/c1-4-28-20(25)23-11-9-22(10-12-23)19(24)15-13-17(26-2)18(27-3)14-16(15)21-7-5-6-8-21/h5-8,13-14H,4,9-12H2,1-3H3. The molecule has 1 aliphatic heterocycles. The summed E-state index contributed by atoms with van der Waals surface area (Å²) in [6.45, 7) is 3.88. The third-order valence-corrected chi connectivity index (χ3v) is 4.71. The number of nitrogens with zero attached hydrogens (tertiary/aromatic N) is 3. The molecule has 0 N–H and O–H groups in total. The van der Waals surface area contributed by atoms with E-state index in [1.807, 2.05) is 29.1 Å². The summed E-state index contributed by atoms with van der Waals surface area (Å²) in [5.74, 6) is 0.926. The zero-order chi connectivity index (χ0) is 20.1. The van der Waals surface area contributed by atoms with Gasteiger partial charge in [0.15, 0.2) is 11.5 Å². The van der Waals surface area contributed by atoms with Crippen LogP contribution in [0.25, 0.3) is 5.69 Å². The Hall–Kier alpha value is -3.16. The average molecular weight is 387 g/mol. The second-order valence-electron chi connectivity index (χ2n) is 6.29. The molecule has 1 aliphatic rings. The summed E-state index contributed by atoms with van der Waals surface area (Å²) in [5, 5.41) is 0. The van der Waals surface area contributed by atoms with E-state index in [2.05, 4.69) is 0 Å². The Morgan fingerprint density at radius 3 is 2.07 bits per heavy atom. The molecule has 1 aromatic carbocycles. The van der Waals surface area contributed by atoms with Crippen molar-refractivity contribution in [2.75, 3.05) is 47.0 Å². The first-order chi connectivity index (χ1) is 13.6. The molecular formula is C20H25N3O5. The SMILES string of the molecule is CCOC(=O)N1CCN(C(=O)c2cc(OC)c(OC)cc2-n2cccc2)CC1. The Labute approximate surface area is 164 Å². The molecule has 0 saturated carbocycles. The number of methoxy groups -OCH3 is 2. The summed E-state index contributed by atoms with van der Waals surface area (Å²) in [4.78, 5) is 28.5. The number of hydrogen-bond acceptors (Lipinski definition) is 5. The highest BCUT2D eigenvalue weighted by atomic mass is 16.6. The lowest BCUT2D eigenvalue weighted by Gasteiger charge is -2.34. The number of carbonyl (C=O) groups excluding carboxylic acids is 2. The van der Waals surface area contributed by atoms with Crippen molar-refractivity contribution in [2.24, 2.45) is 0 Å². The Kier molecular flexibility index (Phi) is 6.08. The number of amides is 2. The lowest BCUT2D eigenvalue weighted by Crippen LogP contribution is -2.50. The summed E-state index contributed by atoms with van der Waals surface area (Å²) < 4.78 is 17.7. The summed E-state index contributed by atoms with van der Waals surface area (Å²) in [7, 11) is 3.10. The van der Waals surface area contributed by atoms with E-state index in [0.29, 0.717) is 55.5 Å². The predicted octanol–water partition coefficient (Wildman–Crippen LogP) is 2.41. The van der Waals surface area contributed by atoms with Crippen LogP contribution < -0.4 is 9.47 Å². The molecule has 3 rings (SSSR count). The fourth-order valence-electron chi connectivity index (χ4n) is 3.23. The zero-order valence-corrected chi connectivity index (χ0v) is 16.4. The lowest BCUT2D eigenvalue weighted by molar-refractivity contribution is 0.0570. The van der Waals surface area contributed by atoms with Gasteiger partial charge in [0.25, 0.3) is 5.91 Å². The third kappa shape index (κ3) is 3.90. The van der Waals surface area contributed by atoms with Gasteiger partial charge in [0.2, 0.25) is 0 Å². The normalized spacial score (nSPS) is 14.0. The molecule has 0 spiro atoms. The van der Waals surface area contributed by atoms with Crippen LogP contribution in [-0.2, 0) is 4.74 Å². The van der Waals surface area contributed by atoms with E-state index in [0.717, 1.165) is 0 Å². The molecule has 2 heterocycles. The van der Waals surface area contributed by atoms with Gasteiger partial charge in [-0.25, -0.2) is 4.79 Å². The maximum atomic E-state index is 13.3. The van der Waals surface area contributed by atoms with Crippen LogP contribution in [0.5, 0.6) is 11.5 Å². The smallest absolute Gasteiger partial charge is 0.409 e. The Balaban J connectivity index is 1.86. The highest BCUT2D eigenvalue weighted by Crippen LogP contribution is 2.33. The van der Waals surface area contributed by atoms with Crippen molar-refractivity contribution in [1.82, 2.24) is 14.4 Å². The van der Waals surface area contributed by atoms with Gasteiger partial charge in [0, 0.05) is 44.6 Å². The van der Waals surface area contributed by atoms with Gasteiger partial charge in [0.1, 0.15) is 0 Å². The van der Waals surface area contributed by atoms with E-state index in [1.54, 1.807) is 43.1 Å². The number of piperazine rings is 1. The van der Waals surface area contributed by atoms with Gasteiger partial charge in [-0.2, -0.15) is 0 Å². The monoisotopic (exact) mass is 387 g/mol. The van der Waals surface area contributed by atoms with Gasteiger partial charge in [-0.3, -0.25) is 4.79 Å². The predicted molar refractivity (Wildman–Crippen MR) is 103 cm³/mol. The Morgan fingerprint density at radius 1 is 0.929 bits per heavy atom. The molecule has 1 saturated heterocycles. The number of rotatable bonds is 5. The molecule has 2 amide bonds. The van der Waals surface area contributed by atoms with E-state index in [1.165, 1.54) is 0 Å². The molecule has 1 aromatic heterocycles. The number of ether oxygens (including phenoxy) is 3. The topological polar surface area (TPSA) is 73.2 Å². The first-order valence-corrected chi connectivity index (χ1v) is 9.19. The quantitative estimate of drug-likeness (QED) is 0.788. The van der Waals surface area contributed by atoms with Crippen LogP contribution in [0, 0.1) is 0 Å². The second-order valence-corrected chi connectivity index (χ2v) is 6.29. The van der Waals surface area contributed by atoms with E-state index >= 15 is 0 Å². The van der Waals surface area contributed by atoms with Gasteiger partial charge in [-0.15, -0.1) is 0 Å². The number of carbonyl (C=O) groups is 2. The van der Waals surface area contributed by atoms with Crippen molar-refractivity contribution in [3.63, 3.8) is 0 Å². The van der Waals surface area contributed by atoms with Crippen molar-refractivity contribution in [3.05, 3.63) is 42.2 Å². The molecule has 0 aliphatic carbocycles. The Bertz CT molecular complexity index is 827. The average Bonchev–Trinajstić information content (AvgIpc) is 3.27. The minimum atomic E-state index is -0.339. The van der Waals surface area contributed by atoms with Crippen molar-refractivity contribution >= 4 is 12.0 Å². The van der Waals surface area contributed by atoms with E-state index in [4.69, 9.17) is 14.2 Å². The summed E-state index contributed by atoms with van der Waals surface area (Å²) in [6, 6.07) is 7.28. The van der Waals surface area contributed by atoms with Crippen LogP contribution >= 0.6 is 0 Å². The highest BCUT2D eigenvalue weighted by Gasteiger charge is 2.28. The zero-order valence-electron chi connectivity index (χ0n) is 16.4. The number of hydrogen-bond donors (Lipinski definition) is 0. The first kappa shape index (κ1) is 19.6. The van der Waals surface area contributed by atoms with E-state index in [9.17, 15) is 9.59 Å². The minimum absolute atomic E-state index is 0.117. The summed E-state index contributed by atoms with van der Waals surface area (Å²) in [6.07, 6.45) is 3.40. The molecule has 1 fully saturated rings. The molecule has 150 valence electrons. The van der Waals surface area contributed by atoms with Crippen LogP contribution in [0.2, 0.25) is 0 Å². The summed E-state index contributed by atoms with van der Waals surface area (Å²) >= 11 is 0. The van der Waals surface area contributed by atoms with Crippen molar-refractivity contribution < 1.29 is 23.8 Å². The van der Waals surface area contributed by atoms with Crippen LogP contribution in [0.1, 0.15) is 17.3 Å². The van der Waals surface area contributed by atoms with Gasteiger partial charge in [-0.1, -0.05) is 0 Å². The van der Waals surface area contributed by atoms with E-state index < -0.39 is 0 Å². The second kappa shape index (κ2) is 8.69. The molecule has 28 heavy (non-hydrogen) atoms. The van der Waals surface area contributed by atoms with Crippen LogP contribution in [0.4, 0.5) is 4.79 Å². The molecule has 8 heteroatoms. The maximum absolute atomic E-state index is 13.3. The highest BCUT2D eigenvalue weighted by molar-refractivity contribution is 5.99.